The van der Waals surface area contributed by atoms with Crippen molar-refractivity contribution in [1.29, 1.82) is 0 Å². The van der Waals surface area contributed by atoms with Crippen molar-refractivity contribution in [3.8, 4) is 0 Å². The molecule has 2 fully saturated rings. The Labute approximate surface area is 123 Å². The molecule has 1 N–H and O–H groups in total. The minimum Gasteiger partial charge on any atom is -0.388 e. The summed E-state index contributed by atoms with van der Waals surface area (Å²) >= 11 is 3.58. The minimum atomic E-state index is -0.378. The molecule has 0 amide bonds. The van der Waals surface area contributed by atoms with Gasteiger partial charge in [-0.25, -0.2) is 0 Å². The van der Waals surface area contributed by atoms with E-state index in [0.717, 1.165) is 29.5 Å². The van der Waals surface area contributed by atoms with Crippen LogP contribution in [0.4, 0.5) is 0 Å². The van der Waals surface area contributed by atoms with Crippen molar-refractivity contribution in [2.45, 2.75) is 50.7 Å². The van der Waals surface area contributed by atoms with E-state index < -0.39 is 0 Å². The van der Waals surface area contributed by atoms with Gasteiger partial charge in [0.2, 0.25) is 0 Å². The van der Waals surface area contributed by atoms with E-state index in [9.17, 15) is 5.11 Å². The minimum absolute atomic E-state index is 0.0983. The first-order valence-corrected chi connectivity index (χ1v) is 7.97. The van der Waals surface area contributed by atoms with Gasteiger partial charge in [0.25, 0.3) is 0 Å². The molecule has 2 atom stereocenters. The highest BCUT2D eigenvalue weighted by molar-refractivity contribution is 9.10. The van der Waals surface area contributed by atoms with Crippen LogP contribution >= 0.6 is 15.9 Å². The summed E-state index contributed by atoms with van der Waals surface area (Å²) in [6.45, 7) is 2.87. The molecule has 1 saturated carbocycles. The van der Waals surface area contributed by atoms with E-state index in [2.05, 4.69) is 35.0 Å². The van der Waals surface area contributed by atoms with Crippen LogP contribution in [0.2, 0.25) is 0 Å². The maximum absolute atomic E-state index is 10.7. The topological polar surface area (TPSA) is 29.5 Å². The second-order valence-corrected chi connectivity index (χ2v) is 6.96. The van der Waals surface area contributed by atoms with Crippen LogP contribution in [-0.2, 0) is 4.74 Å². The van der Waals surface area contributed by atoms with E-state index in [1.807, 2.05) is 6.07 Å². The number of hydrogen-bond acceptors (Lipinski definition) is 2. The third-order valence-electron chi connectivity index (χ3n) is 4.72. The molecule has 1 aliphatic heterocycles. The molecule has 1 spiro atoms. The lowest BCUT2D eigenvalue weighted by atomic mass is 9.70. The van der Waals surface area contributed by atoms with E-state index in [1.54, 1.807) is 0 Å². The third-order valence-corrected chi connectivity index (χ3v) is 5.40. The molecule has 1 aliphatic carbocycles. The van der Waals surface area contributed by atoms with Crippen LogP contribution in [0, 0.1) is 12.8 Å². The lowest BCUT2D eigenvalue weighted by molar-refractivity contribution is -0.157. The van der Waals surface area contributed by atoms with Gasteiger partial charge in [0.05, 0.1) is 11.7 Å². The van der Waals surface area contributed by atoms with Crippen LogP contribution in [-0.4, -0.2) is 17.3 Å². The molecule has 0 bridgehead atoms. The number of aryl methyl sites for hydroxylation is 1. The van der Waals surface area contributed by atoms with Gasteiger partial charge in [-0.15, -0.1) is 0 Å². The highest BCUT2D eigenvalue weighted by Crippen LogP contribution is 2.47. The molecule has 1 aromatic rings. The number of hydrogen-bond donors (Lipinski definition) is 1. The molecule has 3 heteroatoms. The Morgan fingerprint density at radius 2 is 2.21 bits per heavy atom. The van der Waals surface area contributed by atoms with Crippen LogP contribution in [0.3, 0.4) is 0 Å². The Morgan fingerprint density at radius 1 is 1.42 bits per heavy atom. The second-order valence-electron chi connectivity index (χ2n) is 6.11. The van der Waals surface area contributed by atoms with Crippen molar-refractivity contribution in [3.63, 3.8) is 0 Å². The molecule has 104 valence electrons. The average Bonchev–Trinajstić information content (AvgIpc) is 2.36. The summed E-state index contributed by atoms with van der Waals surface area (Å²) in [4.78, 5) is 0. The van der Waals surface area contributed by atoms with Crippen molar-refractivity contribution in [2.24, 2.45) is 5.92 Å². The normalized spacial score (nSPS) is 27.0. The van der Waals surface area contributed by atoms with Crippen LogP contribution in [0.15, 0.2) is 22.7 Å². The Morgan fingerprint density at radius 3 is 2.84 bits per heavy atom. The summed E-state index contributed by atoms with van der Waals surface area (Å²) in [7, 11) is 0. The third kappa shape index (κ3) is 2.61. The summed E-state index contributed by atoms with van der Waals surface area (Å²) < 4.78 is 6.97. The van der Waals surface area contributed by atoms with Gasteiger partial charge in [-0.3, -0.25) is 0 Å². The number of ether oxygens (including phenoxy) is 1. The summed E-state index contributed by atoms with van der Waals surface area (Å²) in [6.07, 6.45) is 5.21. The van der Waals surface area contributed by atoms with Crippen molar-refractivity contribution in [2.75, 3.05) is 6.61 Å². The first-order valence-electron chi connectivity index (χ1n) is 7.18. The molecule has 2 unspecified atom stereocenters. The summed E-state index contributed by atoms with van der Waals surface area (Å²) in [5.74, 6) is 0.327. The number of halogens is 1. The molecule has 2 nitrogen and oxygen atoms in total. The lowest BCUT2D eigenvalue weighted by Gasteiger charge is -2.48. The van der Waals surface area contributed by atoms with Gasteiger partial charge >= 0.3 is 0 Å². The molecule has 2 aliphatic rings. The van der Waals surface area contributed by atoms with Crippen molar-refractivity contribution in [3.05, 3.63) is 33.8 Å². The Hall–Kier alpha value is -0.380. The number of benzene rings is 1. The molecule has 1 aromatic carbocycles. The number of rotatable bonds is 2. The van der Waals surface area contributed by atoms with Crippen molar-refractivity contribution in [1.82, 2.24) is 0 Å². The fraction of sp³-hybridized carbons (Fsp3) is 0.625. The fourth-order valence-electron chi connectivity index (χ4n) is 3.38. The largest absolute Gasteiger partial charge is 0.388 e. The van der Waals surface area contributed by atoms with Gasteiger partial charge in [-0.1, -0.05) is 28.1 Å². The second kappa shape index (κ2) is 5.19. The Balaban J connectivity index is 1.77. The standard InChI is InChI=1S/C16H21BrO2/c1-11-3-4-13(14(17)9-11)15(18)12-5-8-19-16(10-12)6-2-7-16/h3-4,9,12,15,18H,2,5-8,10H2,1H3. The van der Waals surface area contributed by atoms with Gasteiger partial charge in [-0.2, -0.15) is 0 Å². The number of aliphatic hydroxyl groups is 1. The quantitative estimate of drug-likeness (QED) is 0.885. The van der Waals surface area contributed by atoms with E-state index >= 15 is 0 Å². The zero-order valence-electron chi connectivity index (χ0n) is 11.4. The molecule has 0 radical (unpaired) electrons. The molecule has 3 rings (SSSR count). The van der Waals surface area contributed by atoms with Gasteiger partial charge in [0.1, 0.15) is 0 Å². The highest BCUT2D eigenvalue weighted by atomic mass is 79.9. The van der Waals surface area contributed by atoms with Crippen LogP contribution < -0.4 is 0 Å². The van der Waals surface area contributed by atoms with Crippen LogP contribution in [0.5, 0.6) is 0 Å². The van der Waals surface area contributed by atoms with Gasteiger partial charge in [-0.05, 0) is 62.1 Å². The fourth-order valence-corrected chi connectivity index (χ4v) is 4.11. The molecule has 1 saturated heterocycles. The molecular formula is C16H21BrO2. The zero-order chi connectivity index (χ0) is 13.5. The van der Waals surface area contributed by atoms with E-state index in [-0.39, 0.29) is 11.7 Å². The van der Waals surface area contributed by atoms with Crippen molar-refractivity contribution >= 4 is 15.9 Å². The molecule has 1 heterocycles. The monoisotopic (exact) mass is 324 g/mol. The Kier molecular flexibility index (Phi) is 3.71. The first-order chi connectivity index (χ1) is 9.10. The summed E-state index contributed by atoms with van der Waals surface area (Å²) in [5, 5.41) is 10.7. The van der Waals surface area contributed by atoms with E-state index in [1.165, 1.54) is 24.8 Å². The van der Waals surface area contributed by atoms with Gasteiger partial charge < -0.3 is 9.84 Å². The highest BCUT2D eigenvalue weighted by Gasteiger charge is 2.44. The van der Waals surface area contributed by atoms with Gasteiger partial charge in [0.15, 0.2) is 0 Å². The summed E-state index contributed by atoms with van der Waals surface area (Å²) in [6, 6.07) is 6.20. The molecule has 0 aromatic heterocycles. The molecule has 19 heavy (non-hydrogen) atoms. The van der Waals surface area contributed by atoms with Gasteiger partial charge in [0, 0.05) is 11.1 Å². The lowest BCUT2D eigenvalue weighted by Crippen LogP contribution is -2.46. The maximum Gasteiger partial charge on any atom is 0.0831 e. The SMILES string of the molecule is Cc1ccc(C(O)C2CCOC3(CCC3)C2)c(Br)c1. The first kappa shape index (κ1) is 13.6. The van der Waals surface area contributed by atoms with Crippen LogP contribution in [0.1, 0.15) is 49.3 Å². The van der Waals surface area contributed by atoms with Crippen LogP contribution in [0.25, 0.3) is 0 Å². The van der Waals surface area contributed by atoms with E-state index in [0.29, 0.717) is 5.92 Å². The molecular weight excluding hydrogens is 304 g/mol. The Bertz CT molecular complexity index is 468. The average molecular weight is 325 g/mol. The zero-order valence-corrected chi connectivity index (χ0v) is 12.9. The maximum atomic E-state index is 10.7. The van der Waals surface area contributed by atoms with Crippen molar-refractivity contribution < 1.29 is 9.84 Å². The predicted octanol–water partition coefficient (Wildman–Crippen LogP) is 4.14. The smallest absolute Gasteiger partial charge is 0.0831 e. The predicted molar refractivity (Wildman–Crippen MR) is 79.1 cm³/mol. The van der Waals surface area contributed by atoms with E-state index in [4.69, 9.17) is 4.74 Å². The number of aliphatic hydroxyl groups excluding tert-OH is 1. The summed E-state index contributed by atoms with van der Waals surface area (Å²) in [5.41, 5.74) is 2.33.